The van der Waals surface area contributed by atoms with Gasteiger partial charge >= 0.3 is 5.97 Å². The van der Waals surface area contributed by atoms with Crippen molar-refractivity contribution < 1.29 is 14.6 Å². The number of carboxylic acids is 1. The smallest absolute Gasteiger partial charge is 0.335 e. The van der Waals surface area contributed by atoms with Crippen molar-refractivity contribution in [2.75, 3.05) is 0 Å². The number of aromatic carboxylic acids is 1. The summed E-state index contributed by atoms with van der Waals surface area (Å²) < 4.78 is 6.13. The summed E-state index contributed by atoms with van der Waals surface area (Å²) in [7, 11) is 0. The van der Waals surface area contributed by atoms with Crippen LogP contribution >= 0.6 is 0 Å². The van der Waals surface area contributed by atoms with Gasteiger partial charge in [-0.1, -0.05) is 29.4 Å². The van der Waals surface area contributed by atoms with E-state index in [0.717, 1.165) is 37.0 Å². The van der Waals surface area contributed by atoms with Crippen LogP contribution in [0.15, 0.2) is 47.6 Å². The average molecular weight is 340 g/mol. The summed E-state index contributed by atoms with van der Waals surface area (Å²) in [6.45, 7) is 8.51. The highest BCUT2D eigenvalue weighted by Crippen LogP contribution is 2.34. The Hall–Kier alpha value is -2.29. The number of carbonyl (C=O) groups is 1. The van der Waals surface area contributed by atoms with Gasteiger partial charge in [-0.2, -0.15) is 0 Å². The molecule has 0 aliphatic carbocycles. The first kappa shape index (κ1) is 19.0. The minimum atomic E-state index is -0.918. The number of fused-ring (bicyclic) bond motifs is 1. The third-order valence-electron chi connectivity index (χ3n) is 4.44. The monoisotopic (exact) mass is 340 g/mol. The normalized spacial score (nSPS) is 19.1. The van der Waals surface area contributed by atoms with E-state index in [1.165, 1.54) is 11.1 Å². The molecule has 25 heavy (non-hydrogen) atoms. The maximum absolute atomic E-state index is 11.1. The molecule has 3 heteroatoms. The van der Waals surface area contributed by atoms with Crippen molar-refractivity contribution >= 4 is 12.0 Å². The van der Waals surface area contributed by atoms with Crippen LogP contribution in [-0.2, 0) is 0 Å². The van der Waals surface area contributed by atoms with Gasteiger partial charge in [0.2, 0.25) is 0 Å². The molecule has 0 radical (unpaired) electrons. The Morgan fingerprint density at radius 2 is 1.96 bits per heavy atom. The van der Waals surface area contributed by atoms with Crippen LogP contribution in [0.25, 0.3) is 6.08 Å². The Morgan fingerprint density at radius 1 is 1.20 bits per heavy atom. The molecule has 0 aromatic heterocycles. The number of rotatable bonds is 7. The summed E-state index contributed by atoms with van der Waals surface area (Å²) in [5.41, 5.74) is 3.53. The molecule has 1 atom stereocenters. The van der Waals surface area contributed by atoms with E-state index in [0.29, 0.717) is 0 Å². The first-order valence-electron chi connectivity index (χ1n) is 8.84. The van der Waals surface area contributed by atoms with Crippen LogP contribution in [-0.4, -0.2) is 16.7 Å². The fraction of sp³-hybridized carbons (Fsp3) is 0.409. The third kappa shape index (κ3) is 5.63. The van der Waals surface area contributed by atoms with Gasteiger partial charge in [-0.3, -0.25) is 0 Å². The molecule has 1 aromatic rings. The zero-order valence-corrected chi connectivity index (χ0v) is 15.6. The SMILES string of the molecule is CC(C)=CCCC(C)=CCCC1(C)C=Cc2cc(C(=O)O)ccc2O1. The van der Waals surface area contributed by atoms with Gasteiger partial charge in [-0.15, -0.1) is 0 Å². The Balaban J connectivity index is 1.94. The second kappa shape index (κ2) is 8.19. The van der Waals surface area contributed by atoms with Gasteiger partial charge in [0, 0.05) is 5.56 Å². The van der Waals surface area contributed by atoms with Crippen molar-refractivity contribution in [2.45, 2.75) is 59.0 Å². The summed E-state index contributed by atoms with van der Waals surface area (Å²) in [5.74, 6) is -0.169. The first-order valence-corrected chi connectivity index (χ1v) is 8.84. The van der Waals surface area contributed by atoms with E-state index < -0.39 is 5.97 Å². The van der Waals surface area contributed by atoms with Crippen molar-refractivity contribution in [3.63, 3.8) is 0 Å². The second-order valence-electron chi connectivity index (χ2n) is 7.22. The van der Waals surface area contributed by atoms with Crippen LogP contribution < -0.4 is 4.74 Å². The van der Waals surface area contributed by atoms with E-state index in [-0.39, 0.29) is 11.2 Å². The topological polar surface area (TPSA) is 46.5 Å². The van der Waals surface area contributed by atoms with Crippen molar-refractivity contribution in [3.8, 4) is 5.75 Å². The molecule has 1 unspecified atom stereocenters. The highest BCUT2D eigenvalue weighted by molar-refractivity contribution is 5.89. The van der Waals surface area contributed by atoms with Crippen molar-refractivity contribution in [1.82, 2.24) is 0 Å². The van der Waals surface area contributed by atoms with Gasteiger partial charge in [0.15, 0.2) is 0 Å². The van der Waals surface area contributed by atoms with E-state index in [1.807, 2.05) is 12.2 Å². The fourth-order valence-electron chi connectivity index (χ4n) is 2.89. The summed E-state index contributed by atoms with van der Waals surface area (Å²) in [5, 5.41) is 9.07. The van der Waals surface area contributed by atoms with Crippen LogP contribution in [0.1, 0.15) is 69.3 Å². The molecule has 0 amide bonds. The molecule has 1 aromatic carbocycles. The first-order chi connectivity index (χ1) is 11.8. The summed E-state index contributed by atoms with van der Waals surface area (Å²) in [6, 6.07) is 5.00. The Labute approximate surface area is 150 Å². The van der Waals surface area contributed by atoms with Gasteiger partial charge in [0.05, 0.1) is 5.56 Å². The zero-order valence-electron chi connectivity index (χ0n) is 15.6. The number of ether oxygens (including phenoxy) is 1. The largest absolute Gasteiger partial charge is 0.483 e. The molecule has 3 nitrogen and oxygen atoms in total. The van der Waals surface area contributed by atoms with E-state index in [2.05, 4.69) is 39.8 Å². The standard InChI is InChI=1S/C22H28O3/c1-16(2)7-5-8-17(3)9-6-13-22(4)14-12-18-15-19(21(23)24)10-11-20(18)25-22/h7,9-12,14-15H,5-6,8,13H2,1-4H3,(H,23,24). The zero-order chi connectivity index (χ0) is 18.4. The molecule has 2 rings (SSSR count). The number of benzene rings is 1. The number of hydrogen-bond donors (Lipinski definition) is 1. The Morgan fingerprint density at radius 3 is 2.64 bits per heavy atom. The highest BCUT2D eigenvalue weighted by atomic mass is 16.5. The molecule has 1 aliphatic heterocycles. The molecule has 1 N–H and O–H groups in total. The lowest BCUT2D eigenvalue weighted by Gasteiger charge is -2.31. The van der Waals surface area contributed by atoms with E-state index in [4.69, 9.17) is 9.84 Å². The van der Waals surface area contributed by atoms with Gasteiger partial charge < -0.3 is 9.84 Å². The molecular formula is C22H28O3. The second-order valence-corrected chi connectivity index (χ2v) is 7.22. The summed E-state index contributed by atoms with van der Waals surface area (Å²) in [6.07, 6.45) is 12.6. The minimum Gasteiger partial charge on any atom is -0.483 e. The molecular weight excluding hydrogens is 312 g/mol. The predicted molar refractivity (Wildman–Crippen MR) is 103 cm³/mol. The van der Waals surface area contributed by atoms with E-state index in [1.54, 1.807) is 18.2 Å². The van der Waals surface area contributed by atoms with Crippen LogP contribution in [0.3, 0.4) is 0 Å². The number of allylic oxidation sites excluding steroid dienone is 4. The van der Waals surface area contributed by atoms with Crippen LogP contribution in [0.4, 0.5) is 0 Å². The lowest BCUT2D eigenvalue weighted by atomic mass is 9.94. The van der Waals surface area contributed by atoms with Crippen molar-refractivity contribution in [1.29, 1.82) is 0 Å². The van der Waals surface area contributed by atoms with E-state index in [9.17, 15) is 4.79 Å². The van der Waals surface area contributed by atoms with Crippen LogP contribution in [0.5, 0.6) is 5.75 Å². The molecule has 0 saturated heterocycles. The third-order valence-corrected chi connectivity index (χ3v) is 4.44. The fourth-order valence-corrected chi connectivity index (χ4v) is 2.89. The molecule has 0 fully saturated rings. The molecule has 1 heterocycles. The summed E-state index contributed by atoms with van der Waals surface area (Å²) >= 11 is 0. The molecule has 0 spiro atoms. The lowest BCUT2D eigenvalue weighted by molar-refractivity contribution is 0.0696. The van der Waals surface area contributed by atoms with Crippen LogP contribution in [0.2, 0.25) is 0 Å². The summed E-state index contributed by atoms with van der Waals surface area (Å²) in [4.78, 5) is 11.1. The van der Waals surface area contributed by atoms with E-state index >= 15 is 0 Å². The number of carboxylic acid groups (broad SMARTS) is 1. The minimum absolute atomic E-state index is 0.283. The quantitative estimate of drug-likeness (QED) is 0.617. The lowest BCUT2D eigenvalue weighted by Crippen LogP contribution is -2.31. The van der Waals surface area contributed by atoms with Crippen LogP contribution in [0, 0.1) is 0 Å². The molecule has 1 aliphatic rings. The maximum atomic E-state index is 11.1. The van der Waals surface area contributed by atoms with Gasteiger partial charge in [-0.25, -0.2) is 4.79 Å². The molecule has 0 saturated carbocycles. The van der Waals surface area contributed by atoms with Gasteiger partial charge in [0.25, 0.3) is 0 Å². The van der Waals surface area contributed by atoms with Gasteiger partial charge in [-0.05, 0) is 77.7 Å². The van der Waals surface area contributed by atoms with Crippen molar-refractivity contribution in [2.24, 2.45) is 0 Å². The Kier molecular flexibility index (Phi) is 6.24. The average Bonchev–Trinajstić information content (AvgIpc) is 2.53. The predicted octanol–water partition coefficient (Wildman–Crippen LogP) is 6.02. The Bertz CT molecular complexity index is 721. The maximum Gasteiger partial charge on any atom is 0.335 e. The number of hydrogen-bond acceptors (Lipinski definition) is 2. The van der Waals surface area contributed by atoms with Gasteiger partial charge in [0.1, 0.15) is 11.4 Å². The molecule has 134 valence electrons. The highest BCUT2D eigenvalue weighted by Gasteiger charge is 2.27. The molecule has 0 bridgehead atoms. The van der Waals surface area contributed by atoms with Crippen molar-refractivity contribution in [3.05, 3.63) is 58.7 Å².